The number of halogens is 1. The summed E-state index contributed by atoms with van der Waals surface area (Å²) >= 11 is 6.03. The zero-order valence-corrected chi connectivity index (χ0v) is 12.3. The van der Waals surface area contributed by atoms with E-state index in [9.17, 15) is 14.9 Å². The summed E-state index contributed by atoms with van der Waals surface area (Å²) in [4.78, 5) is 24.0. The summed E-state index contributed by atoms with van der Waals surface area (Å²) < 4.78 is 5.40. The molecule has 1 atom stereocenters. The Labute approximate surface area is 127 Å². The number of non-ortho nitro benzene ring substituents is 1. The molecule has 2 rings (SSSR count). The van der Waals surface area contributed by atoms with E-state index in [0.717, 1.165) is 6.54 Å². The van der Waals surface area contributed by atoms with E-state index in [1.165, 1.54) is 23.1 Å². The Morgan fingerprint density at radius 2 is 2.38 bits per heavy atom. The number of nitrogens with zero attached hydrogens (tertiary/aromatic N) is 2. The summed E-state index contributed by atoms with van der Waals surface area (Å²) in [6, 6.07) is 4.18. The number of nitrogens with one attached hydrogen (secondary N) is 1. The number of amides is 1. The number of carbonyl (C=O) groups excluding carboxylic acids is 1. The molecule has 1 aliphatic heterocycles. The molecule has 0 radical (unpaired) electrons. The summed E-state index contributed by atoms with van der Waals surface area (Å²) in [5.74, 6) is -0.176. The molecular weight excluding hydrogens is 298 g/mol. The van der Waals surface area contributed by atoms with Gasteiger partial charge in [0.15, 0.2) is 0 Å². The van der Waals surface area contributed by atoms with E-state index in [1.807, 2.05) is 0 Å². The molecule has 7 nitrogen and oxygen atoms in total. The van der Waals surface area contributed by atoms with Crippen LogP contribution in [0.2, 0.25) is 5.02 Å². The zero-order valence-electron chi connectivity index (χ0n) is 11.5. The fourth-order valence-electron chi connectivity index (χ4n) is 2.10. The maximum atomic E-state index is 12.2. The number of nitro groups is 1. The summed E-state index contributed by atoms with van der Waals surface area (Å²) in [7, 11) is 1.62. The van der Waals surface area contributed by atoms with E-state index < -0.39 is 11.0 Å². The Bertz CT molecular complexity index is 546. The topological polar surface area (TPSA) is 84.7 Å². The molecule has 0 aliphatic carbocycles. The Hall–Kier alpha value is -1.70. The molecule has 1 fully saturated rings. The standard InChI is InChI=1S/C13H16ClN3O4/c1-16(13(18)12-7-15-4-5-21-12)8-9-6-10(17(19)20)2-3-11(9)14/h2-3,6,12,15H,4-5,7-8H2,1H3/t12-/m1/s1. The summed E-state index contributed by atoms with van der Waals surface area (Å²) in [5, 5.41) is 14.3. The summed E-state index contributed by atoms with van der Waals surface area (Å²) in [6.07, 6.45) is -0.527. The number of rotatable bonds is 4. The van der Waals surface area contributed by atoms with Crippen molar-refractivity contribution in [2.24, 2.45) is 0 Å². The molecule has 1 heterocycles. The van der Waals surface area contributed by atoms with Gasteiger partial charge >= 0.3 is 0 Å². The predicted molar refractivity (Wildman–Crippen MR) is 77.2 cm³/mol. The molecule has 0 unspecified atom stereocenters. The molecule has 1 aromatic rings. The highest BCUT2D eigenvalue weighted by Gasteiger charge is 2.25. The van der Waals surface area contributed by atoms with Crippen LogP contribution in [0.15, 0.2) is 18.2 Å². The average molecular weight is 314 g/mol. The number of nitro benzene ring substituents is 1. The molecule has 0 saturated carbocycles. The number of hydrogen-bond acceptors (Lipinski definition) is 5. The molecule has 8 heteroatoms. The molecule has 1 amide bonds. The lowest BCUT2D eigenvalue weighted by Gasteiger charge is -2.27. The number of benzene rings is 1. The Morgan fingerprint density at radius 3 is 3.00 bits per heavy atom. The van der Waals surface area contributed by atoms with Gasteiger partial charge < -0.3 is 15.0 Å². The zero-order chi connectivity index (χ0) is 15.4. The maximum absolute atomic E-state index is 12.2. The number of carbonyl (C=O) groups is 1. The van der Waals surface area contributed by atoms with Crippen LogP contribution in [0.1, 0.15) is 5.56 Å². The van der Waals surface area contributed by atoms with E-state index in [0.29, 0.717) is 23.7 Å². The van der Waals surface area contributed by atoms with Crippen LogP contribution in [0.4, 0.5) is 5.69 Å². The van der Waals surface area contributed by atoms with Crippen molar-refractivity contribution in [3.63, 3.8) is 0 Å². The second-order valence-corrected chi connectivity index (χ2v) is 5.20. The van der Waals surface area contributed by atoms with Crippen LogP contribution in [-0.4, -0.2) is 48.6 Å². The molecule has 114 valence electrons. The van der Waals surface area contributed by atoms with Crippen molar-refractivity contribution in [1.29, 1.82) is 0 Å². The van der Waals surface area contributed by atoms with E-state index in [2.05, 4.69) is 5.32 Å². The van der Waals surface area contributed by atoms with Crippen molar-refractivity contribution in [2.75, 3.05) is 26.7 Å². The normalized spacial score (nSPS) is 18.3. The third kappa shape index (κ3) is 3.90. The maximum Gasteiger partial charge on any atom is 0.269 e. The van der Waals surface area contributed by atoms with Crippen LogP contribution in [0.25, 0.3) is 0 Å². The van der Waals surface area contributed by atoms with Crippen LogP contribution < -0.4 is 5.32 Å². The first kappa shape index (κ1) is 15.7. The highest BCUT2D eigenvalue weighted by atomic mass is 35.5. The molecule has 1 saturated heterocycles. The highest BCUT2D eigenvalue weighted by Crippen LogP contribution is 2.23. The van der Waals surface area contributed by atoms with Crippen LogP contribution in [0, 0.1) is 10.1 Å². The third-order valence-corrected chi connectivity index (χ3v) is 3.60. The van der Waals surface area contributed by atoms with Gasteiger partial charge in [0.2, 0.25) is 0 Å². The smallest absolute Gasteiger partial charge is 0.269 e. The third-order valence-electron chi connectivity index (χ3n) is 3.23. The number of ether oxygens (including phenoxy) is 1. The van der Waals surface area contributed by atoms with Crippen molar-refractivity contribution >= 4 is 23.2 Å². The van der Waals surface area contributed by atoms with Crippen LogP contribution >= 0.6 is 11.6 Å². The van der Waals surface area contributed by atoms with Gasteiger partial charge in [-0.15, -0.1) is 0 Å². The van der Waals surface area contributed by atoms with E-state index in [-0.39, 0.29) is 18.1 Å². The van der Waals surface area contributed by atoms with Crippen LogP contribution in [0.3, 0.4) is 0 Å². The fourth-order valence-corrected chi connectivity index (χ4v) is 2.28. The SMILES string of the molecule is CN(Cc1cc([N+](=O)[O-])ccc1Cl)C(=O)[C@H]1CNCCO1. The second kappa shape index (κ2) is 6.84. The number of morpholine rings is 1. The fraction of sp³-hybridized carbons (Fsp3) is 0.462. The Kier molecular flexibility index (Phi) is 5.11. The van der Waals surface area contributed by atoms with Crippen molar-refractivity contribution in [3.05, 3.63) is 38.9 Å². The first-order valence-electron chi connectivity index (χ1n) is 6.49. The lowest BCUT2D eigenvalue weighted by Crippen LogP contribution is -2.48. The quantitative estimate of drug-likeness (QED) is 0.667. The van der Waals surface area contributed by atoms with Crippen molar-refractivity contribution in [1.82, 2.24) is 10.2 Å². The van der Waals surface area contributed by atoms with Crippen LogP contribution in [0.5, 0.6) is 0 Å². The van der Waals surface area contributed by atoms with Crippen molar-refractivity contribution < 1.29 is 14.5 Å². The highest BCUT2D eigenvalue weighted by molar-refractivity contribution is 6.31. The predicted octanol–water partition coefficient (Wildman–Crippen LogP) is 1.19. The van der Waals surface area contributed by atoms with Gasteiger partial charge in [0.25, 0.3) is 11.6 Å². The lowest BCUT2D eigenvalue weighted by molar-refractivity contribution is -0.384. The monoisotopic (exact) mass is 313 g/mol. The van der Waals surface area contributed by atoms with Crippen LogP contribution in [-0.2, 0) is 16.1 Å². The summed E-state index contributed by atoms with van der Waals surface area (Å²) in [5.41, 5.74) is 0.483. The lowest BCUT2D eigenvalue weighted by atomic mass is 10.1. The second-order valence-electron chi connectivity index (χ2n) is 4.79. The first-order chi connectivity index (χ1) is 9.99. The Balaban J connectivity index is 2.07. The molecule has 21 heavy (non-hydrogen) atoms. The number of hydrogen-bond donors (Lipinski definition) is 1. The van der Waals surface area contributed by atoms with Gasteiger partial charge in [-0.05, 0) is 11.6 Å². The molecule has 0 aromatic heterocycles. The largest absolute Gasteiger partial charge is 0.366 e. The van der Waals surface area contributed by atoms with Gasteiger partial charge in [-0.3, -0.25) is 14.9 Å². The van der Waals surface area contributed by atoms with Gasteiger partial charge in [0.05, 0.1) is 11.5 Å². The minimum Gasteiger partial charge on any atom is -0.366 e. The van der Waals surface area contributed by atoms with Gasteiger partial charge in [-0.2, -0.15) is 0 Å². The Morgan fingerprint density at radius 1 is 1.62 bits per heavy atom. The van der Waals surface area contributed by atoms with E-state index >= 15 is 0 Å². The van der Waals surface area contributed by atoms with Gasteiger partial charge in [-0.25, -0.2) is 0 Å². The number of likely N-dealkylation sites (N-methyl/N-ethyl adjacent to an activating group) is 1. The van der Waals surface area contributed by atoms with Crippen molar-refractivity contribution in [2.45, 2.75) is 12.6 Å². The van der Waals surface area contributed by atoms with Crippen molar-refractivity contribution in [3.8, 4) is 0 Å². The first-order valence-corrected chi connectivity index (χ1v) is 6.87. The van der Waals surface area contributed by atoms with E-state index in [4.69, 9.17) is 16.3 Å². The molecule has 1 aliphatic rings. The molecule has 0 bridgehead atoms. The minimum atomic E-state index is -0.527. The average Bonchev–Trinajstić information content (AvgIpc) is 2.49. The minimum absolute atomic E-state index is 0.0502. The van der Waals surface area contributed by atoms with Gasteiger partial charge in [0.1, 0.15) is 6.10 Å². The molecular formula is C13H16ClN3O4. The van der Waals surface area contributed by atoms with Gasteiger partial charge in [0, 0.05) is 43.8 Å². The summed E-state index contributed by atoms with van der Waals surface area (Å²) in [6.45, 7) is 1.87. The van der Waals surface area contributed by atoms with E-state index in [1.54, 1.807) is 7.05 Å². The molecule has 1 N–H and O–H groups in total. The molecule has 1 aromatic carbocycles. The molecule has 0 spiro atoms. The van der Waals surface area contributed by atoms with Gasteiger partial charge in [-0.1, -0.05) is 11.6 Å².